The van der Waals surface area contributed by atoms with Crippen molar-refractivity contribution in [3.63, 3.8) is 0 Å². The highest BCUT2D eigenvalue weighted by molar-refractivity contribution is 5.94. The van der Waals surface area contributed by atoms with E-state index in [0.29, 0.717) is 12.0 Å². The highest BCUT2D eigenvalue weighted by atomic mass is 16.4. The summed E-state index contributed by atoms with van der Waals surface area (Å²) >= 11 is 0. The summed E-state index contributed by atoms with van der Waals surface area (Å²) in [5, 5.41) is 44.9. The SMILES string of the molecule is CCC(C)C(N)C(=O)NC(CO)C(=O)NC(Cc1ccc(O)cc1)C(=O)NC(C(=O)O)C(C)O. The van der Waals surface area contributed by atoms with Gasteiger partial charge in [0.1, 0.15) is 17.8 Å². The third-order valence-electron chi connectivity index (χ3n) is 5.43. The minimum Gasteiger partial charge on any atom is -0.508 e. The maximum atomic E-state index is 12.8. The number of carbonyl (C=O) groups excluding carboxylic acids is 3. The number of nitrogens with two attached hydrogens (primary N) is 1. The van der Waals surface area contributed by atoms with E-state index in [-0.39, 0.29) is 18.1 Å². The monoisotopic (exact) mass is 482 g/mol. The van der Waals surface area contributed by atoms with Crippen LogP contribution in [-0.2, 0) is 25.6 Å². The van der Waals surface area contributed by atoms with Gasteiger partial charge in [-0.15, -0.1) is 0 Å². The van der Waals surface area contributed by atoms with Crippen LogP contribution in [0.2, 0.25) is 0 Å². The van der Waals surface area contributed by atoms with Gasteiger partial charge in [-0.1, -0.05) is 32.4 Å². The Kier molecular flexibility index (Phi) is 11.4. The van der Waals surface area contributed by atoms with Crippen molar-refractivity contribution in [2.75, 3.05) is 6.61 Å². The first kappa shape index (κ1) is 28.8. The number of phenolic OH excluding ortho intramolecular Hbond substituents is 1. The summed E-state index contributed by atoms with van der Waals surface area (Å²) in [5.74, 6) is -4.12. The van der Waals surface area contributed by atoms with Gasteiger partial charge >= 0.3 is 5.97 Å². The smallest absolute Gasteiger partial charge is 0.328 e. The highest BCUT2D eigenvalue weighted by Crippen LogP contribution is 2.12. The minimum absolute atomic E-state index is 0.0189. The van der Waals surface area contributed by atoms with Crippen LogP contribution in [0.15, 0.2) is 24.3 Å². The van der Waals surface area contributed by atoms with Gasteiger partial charge in [-0.25, -0.2) is 4.79 Å². The van der Waals surface area contributed by atoms with Crippen molar-refractivity contribution in [2.45, 2.75) is 63.9 Å². The molecule has 12 heteroatoms. The summed E-state index contributed by atoms with van der Waals surface area (Å²) in [6.45, 7) is 4.02. The van der Waals surface area contributed by atoms with Crippen molar-refractivity contribution in [1.29, 1.82) is 0 Å². The summed E-state index contributed by atoms with van der Waals surface area (Å²) in [4.78, 5) is 49.3. The van der Waals surface area contributed by atoms with E-state index in [0.717, 1.165) is 0 Å². The third kappa shape index (κ3) is 8.61. The molecule has 190 valence electrons. The van der Waals surface area contributed by atoms with Crippen LogP contribution in [0.4, 0.5) is 0 Å². The third-order valence-corrected chi connectivity index (χ3v) is 5.43. The highest BCUT2D eigenvalue weighted by Gasteiger charge is 2.32. The molecule has 34 heavy (non-hydrogen) atoms. The number of carboxylic acids is 1. The summed E-state index contributed by atoms with van der Waals surface area (Å²) < 4.78 is 0. The molecule has 0 fully saturated rings. The molecule has 0 aliphatic heterocycles. The van der Waals surface area contributed by atoms with Crippen molar-refractivity contribution in [1.82, 2.24) is 16.0 Å². The normalized spacial score (nSPS) is 16.3. The van der Waals surface area contributed by atoms with Crippen molar-refractivity contribution < 1.29 is 39.6 Å². The molecule has 0 saturated carbocycles. The average Bonchev–Trinajstić information content (AvgIpc) is 2.79. The Bertz CT molecular complexity index is 846. The molecular weight excluding hydrogens is 448 g/mol. The zero-order valence-electron chi connectivity index (χ0n) is 19.4. The molecule has 12 nitrogen and oxygen atoms in total. The zero-order valence-corrected chi connectivity index (χ0v) is 19.4. The molecule has 1 aromatic rings. The largest absolute Gasteiger partial charge is 0.508 e. The van der Waals surface area contributed by atoms with Crippen LogP contribution in [-0.4, -0.2) is 81.0 Å². The van der Waals surface area contributed by atoms with Crippen molar-refractivity contribution in [3.8, 4) is 5.75 Å². The summed E-state index contributed by atoms with van der Waals surface area (Å²) in [6, 6.07) is 0.461. The second-order valence-corrected chi connectivity index (χ2v) is 8.15. The van der Waals surface area contributed by atoms with Crippen LogP contribution in [0, 0.1) is 5.92 Å². The molecule has 3 amide bonds. The average molecular weight is 483 g/mol. The van der Waals surface area contributed by atoms with E-state index in [2.05, 4.69) is 16.0 Å². The number of rotatable bonds is 13. The predicted octanol–water partition coefficient (Wildman–Crippen LogP) is -1.78. The molecule has 1 rings (SSSR count). The number of hydrogen-bond acceptors (Lipinski definition) is 8. The van der Waals surface area contributed by atoms with E-state index in [4.69, 9.17) is 5.73 Å². The lowest BCUT2D eigenvalue weighted by Crippen LogP contribution is -2.59. The van der Waals surface area contributed by atoms with Gasteiger partial charge in [0.15, 0.2) is 6.04 Å². The Morgan fingerprint density at radius 1 is 0.941 bits per heavy atom. The second kappa shape index (κ2) is 13.5. The number of aliphatic hydroxyl groups excluding tert-OH is 2. The number of amides is 3. The number of phenols is 1. The van der Waals surface area contributed by atoms with Gasteiger partial charge in [0.2, 0.25) is 17.7 Å². The summed E-state index contributed by atoms with van der Waals surface area (Å²) in [5.41, 5.74) is 6.38. The number of nitrogens with one attached hydrogen (secondary N) is 3. The van der Waals surface area contributed by atoms with Crippen molar-refractivity contribution in [3.05, 3.63) is 29.8 Å². The molecule has 1 aromatic carbocycles. The molecule has 6 atom stereocenters. The van der Waals surface area contributed by atoms with E-state index < -0.39 is 60.6 Å². The molecule has 6 unspecified atom stereocenters. The number of benzene rings is 1. The standard InChI is InChI=1S/C22H34N4O8/c1-4-11(2)17(23)21(32)25-16(10-27)20(31)24-15(9-13-5-7-14(29)8-6-13)19(30)26-18(12(3)28)22(33)34/h5-8,11-12,15-18,27-29H,4,9-10,23H2,1-3H3,(H,24,31)(H,25,32)(H,26,30)(H,33,34). The number of carboxylic acid groups (broad SMARTS) is 1. The number of carbonyl (C=O) groups is 4. The molecule has 9 N–H and O–H groups in total. The lowest BCUT2D eigenvalue weighted by atomic mass is 9.99. The fraction of sp³-hybridized carbons (Fsp3) is 0.545. The van der Waals surface area contributed by atoms with E-state index in [1.807, 2.05) is 6.92 Å². The lowest BCUT2D eigenvalue weighted by molar-refractivity contribution is -0.145. The molecule has 0 aliphatic carbocycles. The van der Waals surface area contributed by atoms with Gasteiger partial charge in [0.25, 0.3) is 0 Å². The van der Waals surface area contributed by atoms with E-state index >= 15 is 0 Å². The summed E-state index contributed by atoms with van der Waals surface area (Å²) in [7, 11) is 0. The Balaban J connectivity index is 3.06. The van der Waals surface area contributed by atoms with Crippen molar-refractivity contribution in [2.24, 2.45) is 11.7 Å². The molecule has 0 radical (unpaired) electrons. The van der Waals surface area contributed by atoms with E-state index in [1.165, 1.54) is 31.2 Å². The van der Waals surface area contributed by atoms with Crippen LogP contribution >= 0.6 is 0 Å². The Hall–Kier alpha value is -3.22. The van der Waals surface area contributed by atoms with Crippen LogP contribution in [0.1, 0.15) is 32.8 Å². The minimum atomic E-state index is -1.63. The van der Waals surface area contributed by atoms with Crippen LogP contribution < -0.4 is 21.7 Å². The molecule has 0 aliphatic rings. The van der Waals surface area contributed by atoms with Gasteiger partial charge in [-0.05, 0) is 30.5 Å². The fourth-order valence-electron chi connectivity index (χ4n) is 2.97. The maximum Gasteiger partial charge on any atom is 0.328 e. The van der Waals surface area contributed by atoms with Gasteiger partial charge in [0.05, 0.1) is 18.8 Å². The van der Waals surface area contributed by atoms with Gasteiger partial charge < -0.3 is 42.1 Å². The molecule has 0 spiro atoms. The number of aliphatic hydroxyl groups is 2. The van der Waals surface area contributed by atoms with E-state index in [1.54, 1.807) is 6.92 Å². The predicted molar refractivity (Wildman–Crippen MR) is 121 cm³/mol. The van der Waals surface area contributed by atoms with Crippen LogP contribution in [0.3, 0.4) is 0 Å². The molecule has 0 saturated heterocycles. The Morgan fingerprint density at radius 3 is 1.94 bits per heavy atom. The number of aromatic hydroxyl groups is 1. The van der Waals surface area contributed by atoms with E-state index in [9.17, 15) is 39.6 Å². The molecule has 0 aromatic heterocycles. The molecule has 0 heterocycles. The fourth-order valence-corrected chi connectivity index (χ4v) is 2.97. The van der Waals surface area contributed by atoms with Crippen LogP contribution in [0.25, 0.3) is 0 Å². The van der Waals surface area contributed by atoms with Crippen LogP contribution in [0.5, 0.6) is 5.75 Å². The lowest BCUT2D eigenvalue weighted by Gasteiger charge is -2.26. The zero-order chi connectivity index (χ0) is 26.0. The maximum absolute atomic E-state index is 12.8. The Morgan fingerprint density at radius 2 is 1.47 bits per heavy atom. The molecule has 0 bridgehead atoms. The number of hydrogen-bond donors (Lipinski definition) is 8. The first-order valence-electron chi connectivity index (χ1n) is 10.9. The first-order valence-corrected chi connectivity index (χ1v) is 10.9. The second-order valence-electron chi connectivity index (χ2n) is 8.15. The quantitative estimate of drug-likeness (QED) is 0.159. The van der Waals surface area contributed by atoms with Gasteiger partial charge in [-0.2, -0.15) is 0 Å². The van der Waals surface area contributed by atoms with Gasteiger partial charge in [0, 0.05) is 6.42 Å². The first-order chi connectivity index (χ1) is 15.9. The number of aliphatic carboxylic acids is 1. The Labute approximate surface area is 197 Å². The topological polar surface area (TPSA) is 211 Å². The van der Waals surface area contributed by atoms with Gasteiger partial charge in [-0.3, -0.25) is 14.4 Å². The summed E-state index contributed by atoms with van der Waals surface area (Å²) in [6.07, 6.45) is -0.909. The molecular formula is C22H34N4O8. The van der Waals surface area contributed by atoms with Crippen molar-refractivity contribution >= 4 is 23.7 Å².